The van der Waals surface area contributed by atoms with Crippen LogP contribution in [0.5, 0.6) is 0 Å². The van der Waals surface area contributed by atoms with Gasteiger partial charge in [-0.05, 0) is 31.7 Å². The molecule has 0 radical (unpaired) electrons. The highest BCUT2D eigenvalue weighted by atomic mass is 16.5. The molecule has 0 fully saturated rings. The molecule has 0 amide bonds. The summed E-state index contributed by atoms with van der Waals surface area (Å²) in [6.45, 7) is 4.44. The van der Waals surface area contributed by atoms with E-state index < -0.39 is 0 Å². The summed E-state index contributed by atoms with van der Waals surface area (Å²) in [6.07, 6.45) is 2.97. The summed E-state index contributed by atoms with van der Waals surface area (Å²) in [5.74, 6) is 0.234. The van der Waals surface area contributed by atoms with Crippen molar-refractivity contribution < 1.29 is 4.74 Å². The average molecular weight is 171 g/mol. The molecule has 0 aromatic rings. The van der Waals surface area contributed by atoms with Crippen LogP contribution < -0.4 is 17.2 Å². The minimum Gasteiger partial charge on any atom is -0.404 e. The van der Waals surface area contributed by atoms with Crippen molar-refractivity contribution in [3.63, 3.8) is 0 Å². The van der Waals surface area contributed by atoms with E-state index in [4.69, 9.17) is 21.9 Å². The molecule has 1 atom stereocenters. The number of ether oxygens (including phenoxy) is 1. The van der Waals surface area contributed by atoms with Gasteiger partial charge in [0.2, 0.25) is 0 Å². The summed E-state index contributed by atoms with van der Waals surface area (Å²) in [5, 5.41) is 0. The molecule has 0 aliphatic carbocycles. The largest absolute Gasteiger partial charge is 0.404 e. The molecule has 70 valence electrons. The Balaban J connectivity index is 4.27. The van der Waals surface area contributed by atoms with Crippen molar-refractivity contribution in [1.82, 2.24) is 0 Å². The molecule has 0 heterocycles. The highest BCUT2D eigenvalue weighted by Gasteiger charge is 2.04. The lowest BCUT2D eigenvalue weighted by atomic mass is 10.1. The molecule has 6 N–H and O–H groups in total. The molecular formula is C8H17N3O. The normalized spacial score (nSPS) is 14.0. The standard InChI is InChI=1S/C8H17N3O/c1-3-12-6(2)7(5-9)4-8(10)11/h4-6H,3,9-11H2,1-2H3/b7-5+. The molecule has 0 aromatic heterocycles. The number of hydrogen-bond acceptors (Lipinski definition) is 4. The van der Waals surface area contributed by atoms with Crippen LogP contribution in [0, 0.1) is 0 Å². The van der Waals surface area contributed by atoms with Gasteiger partial charge in [-0.2, -0.15) is 0 Å². The Kier molecular flexibility index (Phi) is 4.96. The quantitative estimate of drug-likeness (QED) is 0.520. The first-order chi connectivity index (χ1) is 5.61. The summed E-state index contributed by atoms with van der Waals surface area (Å²) >= 11 is 0. The maximum atomic E-state index is 5.35. The van der Waals surface area contributed by atoms with Gasteiger partial charge in [-0.1, -0.05) is 0 Å². The van der Waals surface area contributed by atoms with Gasteiger partial charge in [-0.15, -0.1) is 0 Å². The van der Waals surface area contributed by atoms with E-state index in [1.54, 1.807) is 6.08 Å². The molecule has 0 saturated heterocycles. The van der Waals surface area contributed by atoms with Crippen molar-refractivity contribution in [3.05, 3.63) is 23.7 Å². The molecule has 0 bridgehead atoms. The molecule has 0 aliphatic heterocycles. The predicted octanol–water partition coefficient (Wildman–Crippen LogP) is 0.0128. The Hall–Kier alpha value is -1.16. The molecule has 4 heteroatoms. The average Bonchev–Trinajstić information content (AvgIpc) is 2.00. The topological polar surface area (TPSA) is 87.3 Å². The first kappa shape index (κ1) is 10.8. The second kappa shape index (κ2) is 5.49. The summed E-state index contributed by atoms with van der Waals surface area (Å²) in [5.41, 5.74) is 16.7. The Morgan fingerprint density at radius 3 is 2.42 bits per heavy atom. The van der Waals surface area contributed by atoms with E-state index in [0.29, 0.717) is 6.61 Å². The van der Waals surface area contributed by atoms with Crippen LogP contribution in [-0.4, -0.2) is 12.7 Å². The Bertz CT molecular complexity index is 183. The van der Waals surface area contributed by atoms with Crippen LogP contribution in [0.2, 0.25) is 0 Å². The monoisotopic (exact) mass is 171 g/mol. The van der Waals surface area contributed by atoms with Gasteiger partial charge < -0.3 is 21.9 Å². The van der Waals surface area contributed by atoms with E-state index in [1.165, 1.54) is 6.20 Å². The first-order valence-corrected chi connectivity index (χ1v) is 3.87. The highest BCUT2D eigenvalue weighted by molar-refractivity contribution is 5.23. The van der Waals surface area contributed by atoms with Crippen LogP contribution in [-0.2, 0) is 4.74 Å². The van der Waals surface area contributed by atoms with Crippen LogP contribution in [0.25, 0.3) is 0 Å². The van der Waals surface area contributed by atoms with Crippen molar-refractivity contribution in [2.75, 3.05) is 6.61 Å². The molecule has 0 aliphatic rings. The minimum atomic E-state index is -0.0675. The zero-order valence-corrected chi connectivity index (χ0v) is 7.58. The lowest BCUT2D eigenvalue weighted by molar-refractivity contribution is 0.103. The molecule has 0 saturated carbocycles. The summed E-state index contributed by atoms with van der Waals surface area (Å²) in [6, 6.07) is 0. The van der Waals surface area contributed by atoms with Crippen LogP contribution >= 0.6 is 0 Å². The zero-order valence-electron chi connectivity index (χ0n) is 7.58. The third-order valence-electron chi connectivity index (χ3n) is 1.41. The van der Waals surface area contributed by atoms with Crippen LogP contribution in [0.15, 0.2) is 23.7 Å². The molecular weight excluding hydrogens is 154 g/mol. The summed E-state index contributed by atoms with van der Waals surface area (Å²) < 4.78 is 5.29. The van der Waals surface area contributed by atoms with Gasteiger partial charge in [0.1, 0.15) is 0 Å². The van der Waals surface area contributed by atoms with E-state index in [2.05, 4.69) is 0 Å². The molecule has 0 spiro atoms. The minimum absolute atomic E-state index is 0.0675. The Morgan fingerprint density at radius 1 is 1.50 bits per heavy atom. The SMILES string of the molecule is CCOC(C)/C(C=C(N)N)=C/N. The van der Waals surface area contributed by atoms with Crippen LogP contribution in [0.1, 0.15) is 13.8 Å². The van der Waals surface area contributed by atoms with E-state index in [1.807, 2.05) is 13.8 Å². The molecule has 1 unspecified atom stereocenters. The van der Waals surface area contributed by atoms with Gasteiger partial charge in [0.15, 0.2) is 0 Å². The number of hydrogen-bond donors (Lipinski definition) is 3. The second-order valence-electron chi connectivity index (χ2n) is 2.41. The Labute approximate surface area is 73.0 Å². The lowest BCUT2D eigenvalue weighted by Crippen LogP contribution is -2.15. The van der Waals surface area contributed by atoms with Crippen LogP contribution in [0.3, 0.4) is 0 Å². The molecule has 0 aromatic carbocycles. The second-order valence-corrected chi connectivity index (χ2v) is 2.41. The first-order valence-electron chi connectivity index (χ1n) is 3.87. The van der Waals surface area contributed by atoms with Crippen LogP contribution in [0.4, 0.5) is 0 Å². The van der Waals surface area contributed by atoms with Crippen molar-refractivity contribution >= 4 is 0 Å². The zero-order chi connectivity index (χ0) is 9.56. The highest BCUT2D eigenvalue weighted by Crippen LogP contribution is 2.06. The maximum absolute atomic E-state index is 5.35. The smallest absolute Gasteiger partial charge is 0.0937 e. The fourth-order valence-corrected chi connectivity index (χ4v) is 0.840. The lowest BCUT2D eigenvalue weighted by Gasteiger charge is -2.12. The summed E-state index contributed by atoms with van der Waals surface area (Å²) in [4.78, 5) is 0. The van der Waals surface area contributed by atoms with Crippen molar-refractivity contribution in [3.8, 4) is 0 Å². The van der Waals surface area contributed by atoms with E-state index in [0.717, 1.165) is 5.57 Å². The number of nitrogens with two attached hydrogens (primary N) is 3. The van der Waals surface area contributed by atoms with E-state index in [9.17, 15) is 0 Å². The van der Waals surface area contributed by atoms with E-state index in [-0.39, 0.29) is 11.9 Å². The fourth-order valence-electron chi connectivity index (χ4n) is 0.840. The predicted molar refractivity (Wildman–Crippen MR) is 49.8 cm³/mol. The third-order valence-corrected chi connectivity index (χ3v) is 1.41. The van der Waals surface area contributed by atoms with Gasteiger partial charge in [0.25, 0.3) is 0 Å². The molecule has 4 nitrogen and oxygen atoms in total. The van der Waals surface area contributed by atoms with Crippen molar-refractivity contribution in [2.24, 2.45) is 17.2 Å². The molecule has 12 heavy (non-hydrogen) atoms. The fraction of sp³-hybridized carbons (Fsp3) is 0.500. The van der Waals surface area contributed by atoms with Crippen molar-refractivity contribution in [2.45, 2.75) is 20.0 Å². The van der Waals surface area contributed by atoms with Gasteiger partial charge in [-0.25, -0.2) is 0 Å². The van der Waals surface area contributed by atoms with Gasteiger partial charge >= 0.3 is 0 Å². The van der Waals surface area contributed by atoms with E-state index >= 15 is 0 Å². The summed E-state index contributed by atoms with van der Waals surface area (Å²) in [7, 11) is 0. The van der Waals surface area contributed by atoms with Gasteiger partial charge in [0.05, 0.1) is 11.9 Å². The van der Waals surface area contributed by atoms with Gasteiger partial charge in [-0.3, -0.25) is 0 Å². The van der Waals surface area contributed by atoms with Crippen molar-refractivity contribution in [1.29, 1.82) is 0 Å². The van der Waals surface area contributed by atoms with Gasteiger partial charge in [0, 0.05) is 6.61 Å². The maximum Gasteiger partial charge on any atom is 0.0937 e. The Morgan fingerprint density at radius 2 is 2.08 bits per heavy atom. The number of rotatable bonds is 4. The molecule has 0 rings (SSSR count). The third kappa shape index (κ3) is 3.88.